The molecule has 0 aliphatic rings. The van der Waals surface area contributed by atoms with E-state index in [0.29, 0.717) is 17.5 Å². The van der Waals surface area contributed by atoms with Crippen LogP contribution in [0.15, 0.2) is 229 Å². The van der Waals surface area contributed by atoms with E-state index in [2.05, 4.69) is 218 Å². The second kappa shape index (κ2) is 15.6. The summed E-state index contributed by atoms with van der Waals surface area (Å²) in [7, 11) is 0. The maximum absolute atomic E-state index is 7.02. The van der Waals surface area contributed by atoms with Gasteiger partial charge in [-0.05, 0) is 86.1 Å². The molecule has 0 fully saturated rings. The molecule has 13 rings (SSSR count). The molecule has 0 spiro atoms. The van der Waals surface area contributed by atoms with Crippen molar-refractivity contribution in [3.05, 3.63) is 224 Å². The third-order valence-electron chi connectivity index (χ3n) is 12.7. The number of para-hydroxylation sites is 2. The molecule has 0 aliphatic carbocycles. The lowest BCUT2D eigenvalue weighted by molar-refractivity contribution is 0.670. The number of aromatic nitrogens is 3. The topological polar surface area (TPSA) is 51.8 Å². The summed E-state index contributed by atoms with van der Waals surface area (Å²) >= 11 is 1.78. The third kappa shape index (κ3) is 6.48. The Morgan fingerprint density at radius 1 is 0.303 bits per heavy atom. The molecule has 0 saturated heterocycles. The van der Waals surface area contributed by atoms with Gasteiger partial charge >= 0.3 is 0 Å². The lowest BCUT2D eigenvalue weighted by atomic mass is 9.95. The van der Waals surface area contributed by atoms with Crippen LogP contribution in [0.25, 0.3) is 132 Å². The van der Waals surface area contributed by atoms with Crippen LogP contribution in [0.3, 0.4) is 0 Å². The van der Waals surface area contributed by atoms with Crippen LogP contribution in [-0.4, -0.2) is 15.0 Å². The summed E-state index contributed by atoms with van der Waals surface area (Å²) in [5.41, 5.74) is 13.5. The van der Waals surface area contributed by atoms with Crippen LogP contribution in [0.5, 0.6) is 0 Å². The van der Waals surface area contributed by atoms with Crippen LogP contribution in [0.2, 0.25) is 0 Å². The Labute approximate surface area is 384 Å². The van der Waals surface area contributed by atoms with Crippen molar-refractivity contribution < 1.29 is 4.42 Å². The van der Waals surface area contributed by atoms with E-state index in [1.807, 2.05) is 6.07 Å². The van der Waals surface area contributed by atoms with Gasteiger partial charge in [0, 0.05) is 47.6 Å². The average Bonchev–Trinajstić information content (AvgIpc) is 3.98. The third-order valence-corrected chi connectivity index (χ3v) is 13.9. The molecule has 3 heterocycles. The first kappa shape index (κ1) is 38.0. The van der Waals surface area contributed by atoms with Crippen molar-refractivity contribution in [2.45, 2.75) is 0 Å². The molecule has 0 saturated carbocycles. The Hall–Kier alpha value is -8.51. The maximum atomic E-state index is 7.02. The zero-order valence-electron chi connectivity index (χ0n) is 35.5. The Bertz CT molecular complexity index is 3970. The molecule has 10 aromatic carbocycles. The van der Waals surface area contributed by atoms with Crippen molar-refractivity contribution in [2.75, 3.05) is 0 Å². The normalized spacial score (nSPS) is 11.6. The summed E-state index contributed by atoms with van der Waals surface area (Å²) in [6.07, 6.45) is 0. The first-order valence-electron chi connectivity index (χ1n) is 22.2. The molecule has 0 N–H and O–H groups in total. The molecule has 0 bridgehead atoms. The average molecular weight is 860 g/mol. The quantitative estimate of drug-likeness (QED) is 0.160. The Kier molecular flexibility index (Phi) is 9.00. The van der Waals surface area contributed by atoms with Gasteiger partial charge in [-0.15, -0.1) is 11.3 Å². The van der Waals surface area contributed by atoms with Crippen molar-refractivity contribution in [3.8, 4) is 78.7 Å². The largest absolute Gasteiger partial charge is 0.455 e. The van der Waals surface area contributed by atoms with Crippen molar-refractivity contribution >= 4 is 64.2 Å². The monoisotopic (exact) mass is 859 g/mol. The second-order valence-corrected chi connectivity index (χ2v) is 17.7. The molecule has 0 amide bonds. The molecule has 5 heteroatoms. The summed E-state index contributed by atoms with van der Waals surface area (Å²) in [6.45, 7) is 0. The van der Waals surface area contributed by atoms with Gasteiger partial charge in [0.25, 0.3) is 0 Å². The van der Waals surface area contributed by atoms with Crippen LogP contribution in [0, 0.1) is 0 Å². The number of thiophene rings is 1. The van der Waals surface area contributed by atoms with Crippen LogP contribution in [0.1, 0.15) is 0 Å². The molecule has 0 radical (unpaired) electrons. The molecular weight excluding hydrogens is 823 g/mol. The van der Waals surface area contributed by atoms with Gasteiger partial charge in [-0.3, -0.25) is 0 Å². The number of fused-ring (bicyclic) bond motifs is 7. The van der Waals surface area contributed by atoms with E-state index in [1.54, 1.807) is 11.3 Å². The van der Waals surface area contributed by atoms with Crippen LogP contribution in [0.4, 0.5) is 0 Å². The summed E-state index contributed by atoms with van der Waals surface area (Å²) in [6, 6.07) is 79.2. The van der Waals surface area contributed by atoms with E-state index >= 15 is 0 Å². The Balaban J connectivity index is 1.00. The number of furan rings is 1. The van der Waals surface area contributed by atoms with Gasteiger partial charge in [-0.1, -0.05) is 188 Å². The van der Waals surface area contributed by atoms with E-state index in [1.165, 1.54) is 43.3 Å². The van der Waals surface area contributed by atoms with E-state index < -0.39 is 0 Å². The van der Waals surface area contributed by atoms with Gasteiger partial charge in [0.1, 0.15) is 11.2 Å². The predicted octanol–water partition coefficient (Wildman–Crippen LogP) is 17.0. The van der Waals surface area contributed by atoms with Crippen LogP contribution < -0.4 is 0 Å². The lowest BCUT2D eigenvalue weighted by Crippen LogP contribution is -2.00. The highest BCUT2D eigenvalue weighted by molar-refractivity contribution is 7.26. The zero-order chi connectivity index (χ0) is 43.6. The smallest absolute Gasteiger partial charge is 0.167 e. The van der Waals surface area contributed by atoms with Crippen LogP contribution in [-0.2, 0) is 0 Å². The molecular formula is C61H37N3OS. The van der Waals surface area contributed by atoms with Crippen molar-refractivity contribution in [1.29, 1.82) is 0 Å². The molecule has 0 aliphatic heterocycles. The van der Waals surface area contributed by atoms with E-state index in [-0.39, 0.29) is 0 Å². The fourth-order valence-electron chi connectivity index (χ4n) is 9.56. The molecule has 308 valence electrons. The number of benzene rings is 10. The minimum Gasteiger partial charge on any atom is -0.455 e. The maximum Gasteiger partial charge on any atom is 0.167 e. The van der Waals surface area contributed by atoms with Crippen molar-refractivity contribution in [2.24, 2.45) is 0 Å². The van der Waals surface area contributed by atoms with Gasteiger partial charge < -0.3 is 4.42 Å². The highest BCUT2D eigenvalue weighted by Crippen LogP contribution is 2.45. The second-order valence-electron chi connectivity index (χ2n) is 16.7. The van der Waals surface area contributed by atoms with E-state index in [4.69, 9.17) is 19.4 Å². The standard InChI is InChI=1S/C61H37N3OS/c1-3-15-38(16-4-1)42-21-9-23-44(35-42)47-25-14-32-54-55(47)51-29-13-31-53(58(51)66-54)61-63-59(46-34-33-40-19-7-8-20-41(40)37-46)62-60(64-61)52-30-12-28-50-49-27-11-26-48(56(49)65-57(50)52)45-24-10-22-43(36-45)39-17-5-2-6-18-39/h1-37H. The van der Waals surface area contributed by atoms with Gasteiger partial charge in [-0.25, -0.2) is 15.0 Å². The van der Waals surface area contributed by atoms with Crippen molar-refractivity contribution in [3.63, 3.8) is 0 Å². The summed E-state index contributed by atoms with van der Waals surface area (Å²) in [5.74, 6) is 1.76. The van der Waals surface area contributed by atoms with Gasteiger partial charge in [0.05, 0.1) is 5.56 Å². The van der Waals surface area contributed by atoms with Gasteiger partial charge in [0.15, 0.2) is 17.5 Å². The Morgan fingerprint density at radius 3 is 1.52 bits per heavy atom. The minimum atomic E-state index is 0.553. The highest BCUT2D eigenvalue weighted by Gasteiger charge is 2.22. The Morgan fingerprint density at radius 2 is 0.803 bits per heavy atom. The van der Waals surface area contributed by atoms with E-state index in [0.717, 1.165) is 70.8 Å². The molecule has 0 atom stereocenters. The van der Waals surface area contributed by atoms with Crippen molar-refractivity contribution in [1.82, 2.24) is 15.0 Å². The zero-order valence-corrected chi connectivity index (χ0v) is 36.3. The molecule has 4 nitrogen and oxygen atoms in total. The van der Waals surface area contributed by atoms with Gasteiger partial charge in [-0.2, -0.15) is 0 Å². The molecule has 13 aromatic rings. The van der Waals surface area contributed by atoms with Gasteiger partial charge in [0.2, 0.25) is 0 Å². The van der Waals surface area contributed by atoms with Crippen LogP contribution >= 0.6 is 11.3 Å². The highest BCUT2D eigenvalue weighted by atomic mass is 32.1. The summed E-state index contributed by atoms with van der Waals surface area (Å²) in [5, 5.41) is 6.73. The lowest BCUT2D eigenvalue weighted by Gasteiger charge is -2.10. The fraction of sp³-hybridized carbons (Fsp3) is 0. The summed E-state index contributed by atoms with van der Waals surface area (Å²) in [4.78, 5) is 16.0. The number of nitrogens with zero attached hydrogens (tertiary/aromatic N) is 3. The minimum absolute atomic E-state index is 0.553. The number of rotatable bonds is 7. The first-order valence-corrected chi connectivity index (χ1v) is 23.0. The molecule has 3 aromatic heterocycles. The number of hydrogen-bond donors (Lipinski definition) is 0. The molecule has 66 heavy (non-hydrogen) atoms. The summed E-state index contributed by atoms with van der Waals surface area (Å²) < 4.78 is 9.36. The molecule has 0 unspecified atom stereocenters. The van der Waals surface area contributed by atoms with E-state index in [9.17, 15) is 0 Å². The number of hydrogen-bond acceptors (Lipinski definition) is 5. The first-order chi connectivity index (χ1) is 32.7. The predicted molar refractivity (Wildman–Crippen MR) is 276 cm³/mol. The fourth-order valence-corrected chi connectivity index (χ4v) is 10.8. The SMILES string of the molecule is c1ccc(-c2cccc(-c3cccc4c3oc3c(-c5nc(-c6ccc7ccccc7c6)nc(-c6cccc7c6sc6cccc(-c8cccc(-c9ccccc9)c8)c67)n5)cccc34)c2)cc1.